The Morgan fingerprint density at radius 1 is 1.25 bits per heavy atom. The fraction of sp³-hybridized carbons (Fsp3) is 0.308. The van der Waals surface area contributed by atoms with E-state index in [2.05, 4.69) is 12.0 Å². The highest BCUT2D eigenvalue weighted by Gasteiger charge is 2.21. The van der Waals surface area contributed by atoms with Crippen LogP contribution in [0.15, 0.2) is 24.3 Å². The Kier molecular flexibility index (Phi) is 1.99. The van der Waals surface area contributed by atoms with Crippen molar-refractivity contribution in [3.63, 3.8) is 0 Å². The molecule has 1 aromatic heterocycles. The summed E-state index contributed by atoms with van der Waals surface area (Å²) in [4.78, 5) is 0. The molecule has 0 saturated carbocycles. The molecule has 0 fully saturated rings. The van der Waals surface area contributed by atoms with Gasteiger partial charge in [0.05, 0.1) is 17.1 Å². The zero-order chi connectivity index (χ0) is 11.1. The Morgan fingerprint density at radius 2 is 2.06 bits per heavy atom. The van der Waals surface area contributed by atoms with Crippen LogP contribution in [-0.4, -0.2) is 9.78 Å². The van der Waals surface area contributed by atoms with Crippen molar-refractivity contribution < 1.29 is 0 Å². The molecule has 0 atom stereocenters. The highest BCUT2D eigenvalue weighted by molar-refractivity contribution is 5.58. The molecule has 1 aliphatic carbocycles. The molecule has 3 nitrogen and oxygen atoms in total. The van der Waals surface area contributed by atoms with E-state index in [1.165, 1.54) is 17.7 Å². The Bertz CT molecular complexity index is 540. The van der Waals surface area contributed by atoms with Crippen molar-refractivity contribution in [2.24, 2.45) is 0 Å². The van der Waals surface area contributed by atoms with E-state index in [-0.39, 0.29) is 0 Å². The molecule has 1 aromatic carbocycles. The largest absolute Gasteiger partial charge is 0.397 e. The summed E-state index contributed by atoms with van der Waals surface area (Å²) in [6.45, 7) is 2.08. The molecule has 0 spiro atoms. The first-order valence-electron chi connectivity index (χ1n) is 5.69. The molecule has 3 rings (SSSR count). The molecule has 82 valence electrons. The lowest BCUT2D eigenvalue weighted by molar-refractivity contribution is 0.774. The number of hydrogen-bond acceptors (Lipinski definition) is 2. The molecule has 0 radical (unpaired) electrons. The summed E-state index contributed by atoms with van der Waals surface area (Å²) in [5.74, 6) is 0. The first-order valence-corrected chi connectivity index (χ1v) is 5.69. The van der Waals surface area contributed by atoms with Crippen LogP contribution < -0.4 is 5.73 Å². The number of nitrogens with two attached hydrogens (primary N) is 1. The lowest BCUT2D eigenvalue weighted by atomic mass is 10.2. The van der Waals surface area contributed by atoms with Gasteiger partial charge in [-0.2, -0.15) is 5.10 Å². The molecular weight excluding hydrogens is 198 g/mol. The summed E-state index contributed by atoms with van der Waals surface area (Å²) in [5.41, 5.74) is 11.7. The van der Waals surface area contributed by atoms with Crippen LogP contribution in [0.25, 0.3) is 5.69 Å². The Morgan fingerprint density at radius 3 is 2.88 bits per heavy atom. The maximum Gasteiger partial charge on any atom is 0.0878 e. The third kappa shape index (κ3) is 1.24. The fourth-order valence-electron chi connectivity index (χ4n) is 2.50. The van der Waals surface area contributed by atoms with Crippen molar-refractivity contribution in [2.75, 3.05) is 5.73 Å². The summed E-state index contributed by atoms with van der Waals surface area (Å²) < 4.78 is 2.02. The molecule has 1 heterocycles. The van der Waals surface area contributed by atoms with Gasteiger partial charge in [-0.15, -0.1) is 0 Å². The lowest BCUT2D eigenvalue weighted by Gasteiger charge is -2.08. The van der Waals surface area contributed by atoms with E-state index >= 15 is 0 Å². The van der Waals surface area contributed by atoms with E-state index in [1.807, 2.05) is 28.9 Å². The van der Waals surface area contributed by atoms with Gasteiger partial charge in [-0.05, 0) is 43.9 Å². The molecule has 2 aromatic rings. The average Bonchev–Trinajstić information content (AvgIpc) is 2.84. The number of nitrogen functional groups attached to an aromatic ring is 1. The quantitative estimate of drug-likeness (QED) is 0.738. The molecule has 1 aliphatic rings. The Balaban J connectivity index is 2.21. The standard InChI is InChI=1S/C13H15N3/c1-9-10-5-4-8-12(10)16(15-9)13-7-3-2-6-11(13)14/h2-3,6-7H,4-5,8,14H2,1H3. The Labute approximate surface area is 94.9 Å². The monoisotopic (exact) mass is 213 g/mol. The SMILES string of the molecule is Cc1nn(-c2ccccc2N)c2c1CCC2. The highest BCUT2D eigenvalue weighted by Crippen LogP contribution is 2.28. The van der Waals surface area contributed by atoms with Crippen LogP contribution >= 0.6 is 0 Å². The highest BCUT2D eigenvalue weighted by atomic mass is 15.3. The van der Waals surface area contributed by atoms with Crippen molar-refractivity contribution in [1.29, 1.82) is 0 Å². The first kappa shape index (κ1) is 9.46. The molecule has 3 heteroatoms. The van der Waals surface area contributed by atoms with Crippen LogP contribution in [0.2, 0.25) is 0 Å². The molecule has 0 bridgehead atoms. The summed E-state index contributed by atoms with van der Waals surface area (Å²) >= 11 is 0. The molecule has 0 unspecified atom stereocenters. The van der Waals surface area contributed by atoms with Gasteiger partial charge in [0.15, 0.2) is 0 Å². The maximum atomic E-state index is 6.00. The van der Waals surface area contributed by atoms with Crippen molar-refractivity contribution in [1.82, 2.24) is 9.78 Å². The third-order valence-corrected chi connectivity index (χ3v) is 3.30. The van der Waals surface area contributed by atoms with Gasteiger partial charge in [0, 0.05) is 5.69 Å². The fourth-order valence-corrected chi connectivity index (χ4v) is 2.50. The van der Waals surface area contributed by atoms with Gasteiger partial charge in [0.25, 0.3) is 0 Å². The van der Waals surface area contributed by atoms with Gasteiger partial charge < -0.3 is 5.73 Å². The zero-order valence-corrected chi connectivity index (χ0v) is 9.40. The van der Waals surface area contributed by atoms with Crippen LogP contribution in [0.5, 0.6) is 0 Å². The molecular formula is C13H15N3. The summed E-state index contributed by atoms with van der Waals surface area (Å²) in [5, 5.41) is 4.60. The average molecular weight is 213 g/mol. The van der Waals surface area contributed by atoms with Gasteiger partial charge >= 0.3 is 0 Å². The molecule has 0 aliphatic heterocycles. The number of benzene rings is 1. The van der Waals surface area contributed by atoms with Crippen LogP contribution in [-0.2, 0) is 12.8 Å². The van der Waals surface area contributed by atoms with Gasteiger partial charge in [-0.1, -0.05) is 12.1 Å². The van der Waals surface area contributed by atoms with Gasteiger partial charge in [-0.25, -0.2) is 4.68 Å². The zero-order valence-electron chi connectivity index (χ0n) is 9.40. The lowest BCUT2D eigenvalue weighted by Crippen LogP contribution is -2.04. The van der Waals surface area contributed by atoms with Crippen molar-refractivity contribution in [3.05, 3.63) is 41.2 Å². The number of anilines is 1. The second-order valence-corrected chi connectivity index (χ2v) is 4.33. The van der Waals surface area contributed by atoms with Crippen LogP contribution in [0.1, 0.15) is 23.4 Å². The minimum Gasteiger partial charge on any atom is -0.397 e. The minimum absolute atomic E-state index is 0.791. The summed E-state index contributed by atoms with van der Waals surface area (Å²) in [6, 6.07) is 7.91. The maximum absolute atomic E-state index is 6.00. The number of hydrogen-bond donors (Lipinski definition) is 1. The second-order valence-electron chi connectivity index (χ2n) is 4.33. The van der Waals surface area contributed by atoms with E-state index < -0.39 is 0 Å². The van der Waals surface area contributed by atoms with Crippen LogP contribution in [0.3, 0.4) is 0 Å². The number of fused-ring (bicyclic) bond motifs is 1. The van der Waals surface area contributed by atoms with E-state index in [4.69, 9.17) is 5.73 Å². The van der Waals surface area contributed by atoms with Crippen molar-refractivity contribution in [2.45, 2.75) is 26.2 Å². The molecule has 2 N–H and O–H groups in total. The van der Waals surface area contributed by atoms with E-state index in [0.29, 0.717) is 0 Å². The summed E-state index contributed by atoms with van der Waals surface area (Å²) in [6.07, 6.45) is 3.51. The number of rotatable bonds is 1. The van der Waals surface area contributed by atoms with Gasteiger partial charge in [-0.3, -0.25) is 0 Å². The predicted molar refractivity (Wildman–Crippen MR) is 64.7 cm³/mol. The topological polar surface area (TPSA) is 43.8 Å². The van der Waals surface area contributed by atoms with E-state index in [0.717, 1.165) is 29.9 Å². The van der Waals surface area contributed by atoms with Gasteiger partial charge in [0.2, 0.25) is 0 Å². The normalized spacial score (nSPS) is 14.1. The van der Waals surface area contributed by atoms with Gasteiger partial charge in [0.1, 0.15) is 0 Å². The van der Waals surface area contributed by atoms with E-state index in [1.54, 1.807) is 0 Å². The second kappa shape index (κ2) is 3.37. The number of aryl methyl sites for hydroxylation is 1. The van der Waals surface area contributed by atoms with Crippen LogP contribution in [0.4, 0.5) is 5.69 Å². The number of aromatic nitrogens is 2. The summed E-state index contributed by atoms with van der Waals surface area (Å²) in [7, 11) is 0. The van der Waals surface area contributed by atoms with Crippen LogP contribution in [0, 0.1) is 6.92 Å². The smallest absolute Gasteiger partial charge is 0.0878 e. The predicted octanol–water partition coefficient (Wildman–Crippen LogP) is 2.25. The molecule has 0 saturated heterocycles. The third-order valence-electron chi connectivity index (χ3n) is 3.30. The number of para-hydroxylation sites is 2. The first-order chi connectivity index (χ1) is 7.77. The van der Waals surface area contributed by atoms with E-state index in [9.17, 15) is 0 Å². The number of nitrogens with zero attached hydrogens (tertiary/aromatic N) is 2. The Hall–Kier alpha value is -1.77. The molecule has 16 heavy (non-hydrogen) atoms. The molecule has 0 amide bonds. The minimum atomic E-state index is 0.791. The van der Waals surface area contributed by atoms with Crippen molar-refractivity contribution >= 4 is 5.69 Å². The van der Waals surface area contributed by atoms with Crippen molar-refractivity contribution in [3.8, 4) is 5.69 Å².